The number of aromatic nitrogens is 2. The van der Waals surface area contributed by atoms with Gasteiger partial charge in [0.15, 0.2) is 0 Å². The summed E-state index contributed by atoms with van der Waals surface area (Å²) in [6.07, 6.45) is 0.900. The average molecular weight is 332 g/mol. The molecule has 1 heterocycles. The van der Waals surface area contributed by atoms with Gasteiger partial charge in [-0.3, -0.25) is 0 Å². The van der Waals surface area contributed by atoms with Crippen molar-refractivity contribution >= 4 is 23.0 Å². The van der Waals surface area contributed by atoms with Crippen molar-refractivity contribution in [3.05, 3.63) is 29.6 Å². The molecule has 0 aliphatic carbocycles. The number of rotatable bonds is 6. The molecule has 0 fully saturated rings. The molecule has 2 rings (SSSR count). The van der Waals surface area contributed by atoms with Crippen LogP contribution in [0.15, 0.2) is 18.2 Å². The van der Waals surface area contributed by atoms with Gasteiger partial charge in [-0.25, -0.2) is 14.6 Å². The van der Waals surface area contributed by atoms with Crippen LogP contribution in [0.5, 0.6) is 0 Å². The maximum atomic E-state index is 11.8. The minimum absolute atomic E-state index is 0.0523. The first kappa shape index (κ1) is 17.8. The third-order valence-electron chi connectivity index (χ3n) is 3.87. The van der Waals surface area contributed by atoms with E-state index in [1.54, 1.807) is 18.2 Å². The molecule has 3 N–H and O–H groups in total. The van der Waals surface area contributed by atoms with E-state index in [4.69, 9.17) is 5.11 Å². The number of hydrogen-bond donors (Lipinski definition) is 3. The van der Waals surface area contributed by atoms with Gasteiger partial charge in [-0.05, 0) is 45.4 Å². The van der Waals surface area contributed by atoms with Gasteiger partial charge in [0.05, 0.1) is 23.1 Å². The lowest BCUT2D eigenvalue weighted by Gasteiger charge is -2.16. The van der Waals surface area contributed by atoms with Crippen molar-refractivity contribution in [2.24, 2.45) is 0 Å². The Bertz CT molecular complexity index is 752. The third-order valence-corrected chi connectivity index (χ3v) is 3.87. The van der Waals surface area contributed by atoms with Gasteiger partial charge in [0, 0.05) is 12.1 Å². The van der Waals surface area contributed by atoms with Crippen LogP contribution in [0.3, 0.4) is 0 Å². The van der Waals surface area contributed by atoms with Gasteiger partial charge in [0.2, 0.25) is 0 Å². The van der Waals surface area contributed by atoms with E-state index >= 15 is 0 Å². The molecule has 130 valence electrons. The van der Waals surface area contributed by atoms with E-state index in [2.05, 4.69) is 34.0 Å². The SMILES string of the molecule is CCC(C)n1c(CNC(=O)NC(C)C)nc2cc(C(=O)O)ccc21. The summed E-state index contributed by atoms with van der Waals surface area (Å²) in [6.45, 7) is 8.21. The largest absolute Gasteiger partial charge is 0.478 e. The molecule has 7 nitrogen and oxygen atoms in total. The van der Waals surface area contributed by atoms with Crippen molar-refractivity contribution in [1.29, 1.82) is 0 Å². The molecule has 0 bridgehead atoms. The van der Waals surface area contributed by atoms with Crippen molar-refractivity contribution < 1.29 is 14.7 Å². The zero-order valence-electron chi connectivity index (χ0n) is 14.5. The van der Waals surface area contributed by atoms with Gasteiger partial charge in [-0.2, -0.15) is 0 Å². The van der Waals surface area contributed by atoms with E-state index in [1.165, 1.54) is 0 Å². The summed E-state index contributed by atoms with van der Waals surface area (Å²) < 4.78 is 2.05. The smallest absolute Gasteiger partial charge is 0.335 e. The highest BCUT2D eigenvalue weighted by Gasteiger charge is 2.17. The molecule has 0 radical (unpaired) electrons. The number of nitrogens with one attached hydrogen (secondary N) is 2. The van der Waals surface area contributed by atoms with Crippen LogP contribution in [0.4, 0.5) is 4.79 Å². The summed E-state index contributed by atoms with van der Waals surface area (Å²) >= 11 is 0. The van der Waals surface area contributed by atoms with E-state index in [1.807, 2.05) is 13.8 Å². The molecule has 2 amide bonds. The number of fused-ring (bicyclic) bond motifs is 1. The Labute approximate surface area is 141 Å². The van der Waals surface area contributed by atoms with Gasteiger partial charge >= 0.3 is 12.0 Å². The molecule has 0 aliphatic heterocycles. The summed E-state index contributed by atoms with van der Waals surface area (Å²) in [5.41, 5.74) is 1.69. The zero-order valence-corrected chi connectivity index (χ0v) is 14.5. The van der Waals surface area contributed by atoms with E-state index < -0.39 is 5.97 Å². The van der Waals surface area contributed by atoms with Gasteiger partial charge < -0.3 is 20.3 Å². The Morgan fingerprint density at radius 3 is 2.58 bits per heavy atom. The fraction of sp³-hybridized carbons (Fsp3) is 0.471. The normalized spacial score (nSPS) is 12.4. The molecule has 1 atom stereocenters. The van der Waals surface area contributed by atoms with Crippen molar-refractivity contribution in [1.82, 2.24) is 20.2 Å². The van der Waals surface area contributed by atoms with Crippen molar-refractivity contribution in [2.45, 2.75) is 52.7 Å². The van der Waals surface area contributed by atoms with E-state index in [9.17, 15) is 9.59 Å². The number of imidazole rings is 1. The Morgan fingerprint density at radius 1 is 1.29 bits per heavy atom. The number of nitrogens with zero attached hydrogens (tertiary/aromatic N) is 2. The number of carbonyl (C=O) groups is 2. The molecule has 1 aromatic carbocycles. The summed E-state index contributed by atoms with van der Waals surface area (Å²) in [7, 11) is 0. The Morgan fingerprint density at radius 2 is 2.00 bits per heavy atom. The topological polar surface area (TPSA) is 96.3 Å². The maximum absolute atomic E-state index is 11.8. The minimum Gasteiger partial charge on any atom is -0.478 e. The van der Waals surface area contributed by atoms with Crippen LogP contribution in [0, 0.1) is 0 Å². The summed E-state index contributed by atoms with van der Waals surface area (Å²) in [4.78, 5) is 27.5. The predicted molar refractivity (Wildman–Crippen MR) is 92.2 cm³/mol. The fourth-order valence-corrected chi connectivity index (χ4v) is 2.55. The lowest BCUT2D eigenvalue weighted by atomic mass is 10.2. The molecule has 1 unspecified atom stereocenters. The quantitative estimate of drug-likeness (QED) is 0.758. The Hall–Kier alpha value is -2.57. The predicted octanol–water partition coefficient (Wildman–Crippen LogP) is 2.91. The summed E-state index contributed by atoms with van der Waals surface area (Å²) in [5.74, 6) is -0.272. The number of hydrogen-bond acceptors (Lipinski definition) is 3. The third kappa shape index (κ3) is 3.84. The number of carboxylic acid groups (broad SMARTS) is 1. The number of carboxylic acids is 1. The first-order valence-electron chi connectivity index (χ1n) is 8.12. The maximum Gasteiger partial charge on any atom is 0.335 e. The average Bonchev–Trinajstić information content (AvgIpc) is 2.88. The van der Waals surface area contributed by atoms with Gasteiger partial charge in [0.1, 0.15) is 5.82 Å². The van der Waals surface area contributed by atoms with Crippen LogP contribution >= 0.6 is 0 Å². The van der Waals surface area contributed by atoms with Crippen LogP contribution in [-0.4, -0.2) is 32.7 Å². The highest BCUT2D eigenvalue weighted by molar-refractivity contribution is 5.92. The van der Waals surface area contributed by atoms with E-state index in [0.717, 1.165) is 11.9 Å². The molecule has 2 aromatic rings. The van der Waals surface area contributed by atoms with Crippen molar-refractivity contribution in [3.63, 3.8) is 0 Å². The standard InChI is InChI=1S/C17H24N4O3/c1-5-11(4)21-14-7-6-12(16(22)23)8-13(14)20-15(21)9-18-17(24)19-10(2)3/h6-8,10-11H,5,9H2,1-4H3,(H,22,23)(H2,18,19,24). The molecule has 0 spiro atoms. The van der Waals surface area contributed by atoms with Crippen LogP contribution in [0.1, 0.15) is 56.3 Å². The van der Waals surface area contributed by atoms with Gasteiger partial charge in [0.25, 0.3) is 0 Å². The first-order valence-corrected chi connectivity index (χ1v) is 8.12. The van der Waals surface area contributed by atoms with E-state index in [0.29, 0.717) is 11.3 Å². The fourth-order valence-electron chi connectivity index (χ4n) is 2.55. The monoisotopic (exact) mass is 332 g/mol. The lowest BCUT2D eigenvalue weighted by Crippen LogP contribution is -2.39. The van der Waals surface area contributed by atoms with Gasteiger partial charge in [-0.15, -0.1) is 0 Å². The van der Waals surface area contributed by atoms with Crippen molar-refractivity contribution in [2.75, 3.05) is 0 Å². The first-order chi connectivity index (χ1) is 11.3. The second-order valence-electron chi connectivity index (χ2n) is 6.15. The molecule has 24 heavy (non-hydrogen) atoms. The molecule has 7 heteroatoms. The number of urea groups is 1. The second kappa shape index (κ2) is 7.33. The van der Waals surface area contributed by atoms with Crippen molar-refractivity contribution in [3.8, 4) is 0 Å². The summed E-state index contributed by atoms with van der Waals surface area (Å²) in [5, 5.41) is 14.7. The van der Waals surface area contributed by atoms with Crippen LogP contribution < -0.4 is 10.6 Å². The number of aromatic carboxylic acids is 1. The number of amides is 2. The van der Waals surface area contributed by atoms with Gasteiger partial charge in [-0.1, -0.05) is 6.92 Å². The Balaban J connectivity index is 2.36. The second-order valence-corrected chi connectivity index (χ2v) is 6.15. The molecule has 0 saturated carbocycles. The molecular formula is C17H24N4O3. The number of benzene rings is 1. The van der Waals surface area contributed by atoms with Crippen LogP contribution in [0.2, 0.25) is 0 Å². The Kier molecular flexibility index (Phi) is 5.43. The molecule has 1 aromatic heterocycles. The number of carbonyl (C=O) groups excluding carboxylic acids is 1. The minimum atomic E-state index is -0.981. The zero-order chi connectivity index (χ0) is 17.9. The molecule has 0 aliphatic rings. The van der Waals surface area contributed by atoms with Crippen LogP contribution in [0.25, 0.3) is 11.0 Å². The highest BCUT2D eigenvalue weighted by Crippen LogP contribution is 2.24. The highest BCUT2D eigenvalue weighted by atomic mass is 16.4. The summed E-state index contributed by atoms with van der Waals surface area (Å²) in [6, 6.07) is 4.91. The molecule has 0 saturated heterocycles. The lowest BCUT2D eigenvalue weighted by molar-refractivity contribution is 0.0697. The van der Waals surface area contributed by atoms with Crippen LogP contribution in [-0.2, 0) is 6.54 Å². The van der Waals surface area contributed by atoms with E-state index in [-0.39, 0.29) is 30.2 Å². The molecular weight excluding hydrogens is 308 g/mol.